The van der Waals surface area contributed by atoms with E-state index in [0.29, 0.717) is 44.2 Å². The molecule has 0 saturated carbocycles. The topological polar surface area (TPSA) is 111 Å². The fraction of sp³-hybridized carbons (Fsp3) is 0.333. The lowest BCUT2D eigenvalue weighted by Crippen LogP contribution is -2.40. The maximum Gasteiger partial charge on any atom is 0.338 e. The van der Waals surface area contributed by atoms with Crippen LogP contribution in [0.2, 0.25) is 0 Å². The number of rotatable bonds is 6. The van der Waals surface area contributed by atoms with E-state index in [1.54, 1.807) is 30.3 Å². The second-order valence-corrected chi connectivity index (χ2v) is 9.00. The molecule has 0 radical (unpaired) electrons. The fourth-order valence-corrected chi connectivity index (χ4v) is 4.99. The van der Waals surface area contributed by atoms with Crippen LogP contribution < -0.4 is 0 Å². The highest BCUT2D eigenvalue weighted by molar-refractivity contribution is 7.89. The van der Waals surface area contributed by atoms with Gasteiger partial charge in [-0.2, -0.15) is 4.31 Å². The summed E-state index contributed by atoms with van der Waals surface area (Å²) < 4.78 is 39.8. The molecule has 1 aliphatic rings. The molecule has 0 amide bonds. The number of fused-ring (bicyclic) bond motifs is 1. The molecule has 9 nitrogen and oxygen atoms in total. The van der Waals surface area contributed by atoms with Crippen molar-refractivity contribution in [2.75, 3.05) is 26.3 Å². The highest BCUT2D eigenvalue weighted by atomic mass is 32.2. The average molecular weight is 445 g/mol. The van der Waals surface area contributed by atoms with Crippen molar-refractivity contribution in [3.63, 3.8) is 0 Å². The summed E-state index contributed by atoms with van der Waals surface area (Å²) in [7, 11) is -3.63. The van der Waals surface area contributed by atoms with Crippen molar-refractivity contribution < 1.29 is 27.8 Å². The number of carbonyl (C=O) groups is 1. The standard InChI is InChI=1S/C21H23N3O6S/c1-2-24-19-7-6-17(31(27,28)23-8-10-29-11-9-23)13-18(19)22-20(24)14-30-21(26)15-4-3-5-16(25)12-15/h3-7,12-13,25H,2,8-11,14H2,1H3. The van der Waals surface area contributed by atoms with Crippen molar-refractivity contribution >= 4 is 27.0 Å². The molecule has 10 heteroatoms. The molecule has 1 N–H and O–H groups in total. The molecular weight excluding hydrogens is 422 g/mol. The minimum atomic E-state index is -3.63. The third kappa shape index (κ3) is 4.27. The number of carbonyl (C=O) groups excluding carboxylic acids is 1. The van der Waals surface area contributed by atoms with Crippen LogP contribution >= 0.6 is 0 Å². The van der Waals surface area contributed by atoms with Gasteiger partial charge < -0.3 is 19.1 Å². The Kier molecular flexibility index (Phi) is 5.94. The van der Waals surface area contributed by atoms with Crippen LogP contribution in [0.1, 0.15) is 23.1 Å². The molecule has 1 saturated heterocycles. The fourth-order valence-electron chi connectivity index (χ4n) is 3.57. The first kappa shape index (κ1) is 21.3. The monoisotopic (exact) mass is 445 g/mol. The van der Waals surface area contributed by atoms with E-state index in [0.717, 1.165) is 5.52 Å². The molecule has 3 aromatic rings. The summed E-state index contributed by atoms with van der Waals surface area (Å²) in [6.45, 7) is 3.81. The van der Waals surface area contributed by atoms with E-state index < -0.39 is 16.0 Å². The highest BCUT2D eigenvalue weighted by Gasteiger charge is 2.27. The van der Waals surface area contributed by atoms with Gasteiger partial charge in [0.1, 0.15) is 18.2 Å². The molecule has 2 heterocycles. The summed E-state index contributed by atoms with van der Waals surface area (Å²) in [5.74, 6) is -0.0997. The van der Waals surface area contributed by atoms with Crippen LogP contribution in [0.3, 0.4) is 0 Å². The quantitative estimate of drug-likeness (QED) is 0.579. The largest absolute Gasteiger partial charge is 0.508 e. The molecule has 0 bridgehead atoms. The Bertz CT molecular complexity index is 1220. The lowest BCUT2D eigenvalue weighted by atomic mass is 10.2. The number of benzene rings is 2. The molecule has 1 fully saturated rings. The van der Waals surface area contributed by atoms with Gasteiger partial charge in [0, 0.05) is 19.6 Å². The van der Waals surface area contributed by atoms with Crippen LogP contribution in [0, 0.1) is 0 Å². The van der Waals surface area contributed by atoms with E-state index in [1.165, 1.54) is 16.4 Å². The molecule has 1 aliphatic heterocycles. The number of aromatic nitrogens is 2. The Balaban J connectivity index is 1.59. The predicted molar refractivity (Wildman–Crippen MR) is 112 cm³/mol. The van der Waals surface area contributed by atoms with Gasteiger partial charge >= 0.3 is 5.97 Å². The third-order valence-corrected chi connectivity index (χ3v) is 7.03. The summed E-state index contributed by atoms with van der Waals surface area (Å²) in [5, 5.41) is 9.53. The van der Waals surface area contributed by atoms with Crippen LogP contribution in [0.4, 0.5) is 0 Å². The minimum absolute atomic E-state index is 0.0238. The number of morpholine rings is 1. The summed E-state index contributed by atoms with van der Waals surface area (Å²) in [5.41, 5.74) is 1.50. The number of phenolic OH excluding ortho intramolecular Hbond substituents is 1. The zero-order chi connectivity index (χ0) is 22.0. The van der Waals surface area contributed by atoms with Gasteiger partial charge in [0.2, 0.25) is 10.0 Å². The molecular formula is C21H23N3O6S. The van der Waals surface area contributed by atoms with Gasteiger partial charge in [-0.25, -0.2) is 18.2 Å². The third-order valence-electron chi connectivity index (χ3n) is 5.14. The summed E-state index contributed by atoms with van der Waals surface area (Å²) >= 11 is 0. The maximum atomic E-state index is 12.9. The second-order valence-electron chi connectivity index (χ2n) is 7.07. The number of imidazole rings is 1. The SMILES string of the molecule is CCn1c(COC(=O)c2cccc(O)c2)nc2cc(S(=O)(=O)N3CCOCC3)ccc21. The van der Waals surface area contributed by atoms with Crippen molar-refractivity contribution in [2.24, 2.45) is 0 Å². The summed E-state index contributed by atoms with van der Waals surface area (Å²) in [6, 6.07) is 10.7. The van der Waals surface area contributed by atoms with Crippen molar-refractivity contribution in [1.82, 2.24) is 13.9 Å². The van der Waals surface area contributed by atoms with Gasteiger partial charge in [-0.15, -0.1) is 0 Å². The predicted octanol–water partition coefficient (Wildman–Crippen LogP) is 2.14. The molecule has 1 aromatic heterocycles. The highest BCUT2D eigenvalue weighted by Crippen LogP contribution is 2.24. The summed E-state index contributed by atoms with van der Waals surface area (Å²) in [4.78, 5) is 17.0. The Hall–Kier alpha value is -2.95. The lowest BCUT2D eigenvalue weighted by molar-refractivity contribution is 0.0458. The van der Waals surface area contributed by atoms with Gasteiger partial charge in [-0.1, -0.05) is 6.07 Å². The minimum Gasteiger partial charge on any atom is -0.508 e. The Morgan fingerprint density at radius 3 is 2.68 bits per heavy atom. The van der Waals surface area contributed by atoms with E-state index in [-0.39, 0.29) is 22.8 Å². The van der Waals surface area contributed by atoms with Crippen LogP contribution in [0.25, 0.3) is 11.0 Å². The van der Waals surface area contributed by atoms with Crippen molar-refractivity contribution in [3.8, 4) is 5.75 Å². The van der Waals surface area contributed by atoms with Gasteiger partial charge in [0.05, 0.1) is 34.7 Å². The average Bonchev–Trinajstić information content (AvgIpc) is 3.14. The van der Waals surface area contributed by atoms with Crippen LogP contribution in [-0.4, -0.2) is 59.7 Å². The number of esters is 1. The smallest absolute Gasteiger partial charge is 0.338 e. The number of aromatic hydroxyl groups is 1. The number of phenols is 1. The van der Waals surface area contributed by atoms with Crippen molar-refractivity contribution in [3.05, 3.63) is 53.9 Å². The summed E-state index contributed by atoms with van der Waals surface area (Å²) in [6.07, 6.45) is 0. The number of sulfonamides is 1. The Labute approximate surface area is 179 Å². The lowest BCUT2D eigenvalue weighted by Gasteiger charge is -2.26. The van der Waals surface area contributed by atoms with Crippen molar-refractivity contribution in [1.29, 1.82) is 0 Å². The molecule has 0 atom stereocenters. The molecule has 164 valence electrons. The molecule has 31 heavy (non-hydrogen) atoms. The number of hydrogen-bond donors (Lipinski definition) is 1. The van der Waals surface area contributed by atoms with E-state index in [9.17, 15) is 18.3 Å². The number of hydrogen-bond acceptors (Lipinski definition) is 7. The number of ether oxygens (including phenoxy) is 2. The molecule has 0 unspecified atom stereocenters. The van der Waals surface area contributed by atoms with E-state index >= 15 is 0 Å². The molecule has 0 spiro atoms. The molecule has 4 rings (SSSR count). The van der Waals surface area contributed by atoms with Gasteiger partial charge in [0.15, 0.2) is 0 Å². The van der Waals surface area contributed by atoms with E-state index in [2.05, 4.69) is 4.98 Å². The van der Waals surface area contributed by atoms with Gasteiger partial charge in [-0.05, 0) is 43.3 Å². The zero-order valence-electron chi connectivity index (χ0n) is 17.0. The Morgan fingerprint density at radius 1 is 1.19 bits per heavy atom. The molecule has 2 aromatic carbocycles. The zero-order valence-corrected chi connectivity index (χ0v) is 17.8. The van der Waals surface area contributed by atoms with Crippen molar-refractivity contribution in [2.45, 2.75) is 25.0 Å². The number of nitrogens with zero attached hydrogens (tertiary/aromatic N) is 3. The maximum absolute atomic E-state index is 12.9. The first-order valence-corrected chi connectivity index (χ1v) is 11.4. The van der Waals surface area contributed by atoms with Crippen LogP contribution in [0.5, 0.6) is 5.75 Å². The normalized spacial score (nSPS) is 15.3. The molecule has 0 aliphatic carbocycles. The van der Waals surface area contributed by atoms with E-state index in [1.807, 2.05) is 11.5 Å². The number of aryl methyl sites for hydroxylation is 1. The second kappa shape index (κ2) is 8.66. The van der Waals surface area contributed by atoms with Crippen LogP contribution in [0.15, 0.2) is 47.4 Å². The Morgan fingerprint density at radius 2 is 1.97 bits per heavy atom. The van der Waals surface area contributed by atoms with Crippen LogP contribution in [-0.2, 0) is 32.6 Å². The van der Waals surface area contributed by atoms with Gasteiger partial charge in [-0.3, -0.25) is 0 Å². The van der Waals surface area contributed by atoms with Gasteiger partial charge in [0.25, 0.3) is 0 Å². The first-order chi connectivity index (χ1) is 14.9. The van der Waals surface area contributed by atoms with E-state index in [4.69, 9.17) is 9.47 Å². The first-order valence-electron chi connectivity index (χ1n) is 9.93.